The van der Waals surface area contributed by atoms with Gasteiger partial charge in [0.2, 0.25) is 0 Å². The third kappa shape index (κ3) is 3.76. The Kier molecular flexibility index (Phi) is 7.64. The van der Waals surface area contributed by atoms with Crippen molar-refractivity contribution in [1.82, 2.24) is 0 Å². The van der Waals surface area contributed by atoms with E-state index in [0.29, 0.717) is 0 Å². The summed E-state index contributed by atoms with van der Waals surface area (Å²) in [6.07, 6.45) is -8.87. The van der Waals surface area contributed by atoms with Crippen LogP contribution in [0.2, 0.25) is 0 Å². The van der Waals surface area contributed by atoms with Gasteiger partial charge < -0.3 is 0 Å². The van der Waals surface area contributed by atoms with Crippen molar-refractivity contribution >= 4 is 6.29 Å². The molecule has 0 spiro atoms. The Balaban J connectivity index is 7.14. The van der Waals surface area contributed by atoms with E-state index in [2.05, 4.69) is 0 Å². The van der Waals surface area contributed by atoms with Gasteiger partial charge in [-0.05, 0) is 0 Å². The Morgan fingerprint density at radius 3 is 0.771 bits per heavy atom. The van der Waals surface area contributed by atoms with Crippen LogP contribution in [-0.2, 0) is 4.79 Å². The molecular formula is C12H2F22O. The zero-order chi connectivity index (χ0) is 29.3. The van der Waals surface area contributed by atoms with Crippen LogP contribution in [-0.4, -0.2) is 71.9 Å². The molecule has 0 radical (unpaired) electrons. The summed E-state index contributed by atoms with van der Waals surface area (Å²) in [4.78, 5) is 9.66. The zero-order valence-corrected chi connectivity index (χ0v) is 14.9. The third-order valence-electron chi connectivity index (χ3n) is 4.02. The highest BCUT2D eigenvalue weighted by atomic mass is 19.4. The van der Waals surface area contributed by atoms with Gasteiger partial charge in [-0.2, -0.15) is 87.8 Å². The summed E-state index contributed by atoms with van der Waals surface area (Å²) >= 11 is 0. The molecule has 210 valence electrons. The molecule has 0 aromatic carbocycles. The van der Waals surface area contributed by atoms with Gasteiger partial charge >= 0.3 is 65.7 Å². The molecule has 0 aliphatic heterocycles. The van der Waals surface area contributed by atoms with Crippen LogP contribution >= 0.6 is 0 Å². The molecule has 0 aromatic heterocycles. The number of hydrogen-bond acceptors (Lipinski definition) is 1. The normalized spacial score (nSPS) is 16.7. The first-order valence-electron chi connectivity index (χ1n) is 7.28. The van der Waals surface area contributed by atoms with E-state index in [-0.39, 0.29) is 0 Å². The van der Waals surface area contributed by atoms with E-state index in [1.807, 2.05) is 0 Å². The standard InChI is InChI=1S/C12H2F22O/c13-2(14)4(17,18)6(21,22)8(25,26)10(29,30)12(33,34)11(31,32)9(27,28)7(23,24)5(19,20)3(15,16)1-35/h1-2H. The lowest BCUT2D eigenvalue weighted by molar-refractivity contribution is -0.469. The monoisotopic (exact) mass is 580 g/mol. The average Bonchev–Trinajstić information content (AvgIpc) is 2.66. The third-order valence-corrected chi connectivity index (χ3v) is 4.02. The zero-order valence-electron chi connectivity index (χ0n) is 14.9. The van der Waals surface area contributed by atoms with E-state index in [1.54, 1.807) is 0 Å². The second-order valence-corrected chi connectivity index (χ2v) is 6.26. The van der Waals surface area contributed by atoms with Crippen molar-refractivity contribution in [2.75, 3.05) is 0 Å². The van der Waals surface area contributed by atoms with E-state index in [4.69, 9.17) is 0 Å². The highest BCUT2D eigenvalue weighted by Gasteiger charge is 2.98. The number of carbonyl (C=O) groups is 1. The summed E-state index contributed by atoms with van der Waals surface area (Å²) in [6, 6.07) is 0. The molecule has 0 bridgehead atoms. The van der Waals surface area contributed by atoms with Gasteiger partial charge in [-0.1, -0.05) is 0 Å². The molecule has 0 rings (SSSR count). The SMILES string of the molecule is O=CC(F)(F)C(F)(F)C(F)(F)C(F)(F)C(F)(F)C(F)(F)C(F)(F)C(F)(F)C(F)(F)C(F)(F)C(F)F. The number of aldehydes is 1. The molecule has 23 heteroatoms. The highest BCUT2D eigenvalue weighted by Crippen LogP contribution is 2.66. The molecule has 0 aliphatic rings. The molecule has 0 saturated carbocycles. The minimum absolute atomic E-state index is 2.68. The lowest BCUT2D eigenvalue weighted by Gasteiger charge is -2.44. The predicted molar refractivity (Wildman–Crippen MR) is 61.5 cm³/mol. The molecule has 0 aromatic rings. The average molecular weight is 580 g/mol. The van der Waals surface area contributed by atoms with Crippen LogP contribution in [0.3, 0.4) is 0 Å². The van der Waals surface area contributed by atoms with Crippen LogP contribution in [0.15, 0.2) is 0 Å². The number of hydrogen-bond donors (Lipinski definition) is 0. The van der Waals surface area contributed by atoms with Crippen molar-refractivity contribution in [2.45, 2.75) is 65.7 Å². The lowest BCUT2D eigenvalue weighted by Crippen LogP contribution is -2.77. The molecule has 0 N–H and O–H groups in total. The van der Waals surface area contributed by atoms with Crippen molar-refractivity contribution in [3.05, 3.63) is 0 Å². The summed E-state index contributed by atoms with van der Waals surface area (Å²) in [5.74, 6) is -86.5. The van der Waals surface area contributed by atoms with Crippen LogP contribution in [0.5, 0.6) is 0 Å². The molecule has 0 aliphatic carbocycles. The minimum Gasteiger partial charge on any atom is -0.296 e. The molecule has 0 fully saturated rings. The van der Waals surface area contributed by atoms with E-state index >= 15 is 0 Å². The van der Waals surface area contributed by atoms with Gasteiger partial charge in [-0.3, -0.25) is 4.79 Å². The summed E-state index contributed by atoms with van der Waals surface area (Å²) in [5, 5.41) is 0. The number of carbonyl (C=O) groups excluding carboxylic acids is 1. The van der Waals surface area contributed by atoms with Gasteiger partial charge in [0.25, 0.3) is 0 Å². The number of rotatable bonds is 11. The van der Waals surface area contributed by atoms with Crippen molar-refractivity contribution in [3.8, 4) is 0 Å². The van der Waals surface area contributed by atoms with Gasteiger partial charge in [0.1, 0.15) is 0 Å². The van der Waals surface area contributed by atoms with Crippen molar-refractivity contribution < 1.29 is 101 Å². The fraction of sp³-hybridized carbons (Fsp3) is 0.917. The molecular weight excluding hydrogens is 578 g/mol. The Morgan fingerprint density at radius 1 is 0.371 bits per heavy atom. The van der Waals surface area contributed by atoms with E-state index in [9.17, 15) is 101 Å². The Bertz CT molecular complexity index is 792. The van der Waals surface area contributed by atoms with Crippen LogP contribution in [0.1, 0.15) is 0 Å². The second kappa shape index (κ2) is 8.07. The topological polar surface area (TPSA) is 17.1 Å². The summed E-state index contributed by atoms with van der Waals surface area (Å²) in [7, 11) is 0. The predicted octanol–water partition coefficient (Wildman–Crippen LogP) is 6.80. The molecule has 0 saturated heterocycles. The number of alkyl halides is 22. The molecule has 0 heterocycles. The maximum Gasteiger partial charge on any atom is 0.385 e. The first-order chi connectivity index (χ1) is 14.8. The fourth-order valence-electron chi connectivity index (χ4n) is 1.81. The first-order valence-corrected chi connectivity index (χ1v) is 7.28. The smallest absolute Gasteiger partial charge is 0.296 e. The van der Waals surface area contributed by atoms with Crippen LogP contribution in [0.4, 0.5) is 96.6 Å². The Hall–Kier alpha value is -1.87. The molecule has 35 heavy (non-hydrogen) atoms. The van der Waals surface area contributed by atoms with Gasteiger partial charge in [0.15, 0.2) is 6.29 Å². The quantitative estimate of drug-likeness (QED) is 0.194. The Morgan fingerprint density at radius 2 is 0.571 bits per heavy atom. The van der Waals surface area contributed by atoms with Crippen molar-refractivity contribution in [3.63, 3.8) is 0 Å². The minimum atomic E-state index is -9.30. The van der Waals surface area contributed by atoms with E-state index in [1.165, 1.54) is 0 Å². The van der Waals surface area contributed by atoms with Crippen LogP contribution in [0.25, 0.3) is 0 Å². The Labute approximate surface area is 175 Å². The van der Waals surface area contributed by atoms with Gasteiger partial charge in [0, 0.05) is 0 Å². The maximum absolute atomic E-state index is 13.3. The molecule has 0 unspecified atom stereocenters. The molecule has 1 nitrogen and oxygen atoms in total. The lowest BCUT2D eigenvalue weighted by atomic mass is 9.85. The summed E-state index contributed by atoms with van der Waals surface area (Å²) in [6.45, 7) is 0. The van der Waals surface area contributed by atoms with Crippen molar-refractivity contribution in [2.24, 2.45) is 0 Å². The van der Waals surface area contributed by atoms with Crippen molar-refractivity contribution in [1.29, 1.82) is 0 Å². The van der Waals surface area contributed by atoms with Crippen LogP contribution < -0.4 is 0 Å². The van der Waals surface area contributed by atoms with Gasteiger partial charge in [-0.15, -0.1) is 0 Å². The largest absolute Gasteiger partial charge is 0.385 e. The van der Waals surface area contributed by atoms with Crippen LogP contribution in [0, 0.1) is 0 Å². The fourth-order valence-corrected chi connectivity index (χ4v) is 1.81. The molecule has 0 atom stereocenters. The summed E-state index contributed by atoms with van der Waals surface area (Å²) < 4.78 is 285. The van der Waals surface area contributed by atoms with Gasteiger partial charge in [0.05, 0.1) is 0 Å². The van der Waals surface area contributed by atoms with E-state index in [0.717, 1.165) is 0 Å². The second-order valence-electron chi connectivity index (χ2n) is 6.26. The van der Waals surface area contributed by atoms with Gasteiger partial charge in [-0.25, -0.2) is 8.78 Å². The molecule has 0 amide bonds. The summed E-state index contributed by atoms with van der Waals surface area (Å²) in [5.41, 5.74) is 0. The number of halogens is 22. The highest BCUT2D eigenvalue weighted by molar-refractivity contribution is 5.62. The van der Waals surface area contributed by atoms with E-state index < -0.39 is 71.9 Å². The first kappa shape index (κ1) is 33.1. The maximum atomic E-state index is 13.3.